The second-order valence-corrected chi connectivity index (χ2v) is 13.2. The zero-order valence-electron chi connectivity index (χ0n) is 27.4. The smallest absolute Gasteiger partial charge is 0.160 e. The number of hydrogen-bond acceptors (Lipinski definition) is 4. The van der Waals surface area contributed by atoms with Crippen LogP contribution in [0.2, 0.25) is 0 Å². The fourth-order valence-corrected chi connectivity index (χ4v) is 8.47. The molecule has 3 heterocycles. The summed E-state index contributed by atoms with van der Waals surface area (Å²) in [6, 6.07) is 59.2. The first kappa shape index (κ1) is 28.1. The van der Waals surface area contributed by atoms with Gasteiger partial charge in [-0.1, -0.05) is 140 Å². The SMILES string of the molecule is c1ccc(-c2cc(-c3cc4c(c5c3oc3ccccc35)-c3ccccc3C43c4ccccc4Oc4ccccc43)nc(-c3ccccc3)n2)cc1. The van der Waals surface area contributed by atoms with Crippen molar-refractivity contribution in [2.45, 2.75) is 5.41 Å². The number of fused-ring (bicyclic) bond motifs is 13. The highest BCUT2D eigenvalue weighted by atomic mass is 16.5. The molecular formula is C47H28N2O2. The Morgan fingerprint density at radius 1 is 0.451 bits per heavy atom. The van der Waals surface area contributed by atoms with E-state index in [4.69, 9.17) is 19.1 Å². The van der Waals surface area contributed by atoms with Crippen LogP contribution in [0.25, 0.3) is 67.0 Å². The number of hydrogen-bond donors (Lipinski definition) is 0. The van der Waals surface area contributed by atoms with Crippen molar-refractivity contribution in [3.05, 3.63) is 192 Å². The normalized spacial score (nSPS) is 13.4. The molecule has 0 atom stereocenters. The average molecular weight is 653 g/mol. The highest BCUT2D eigenvalue weighted by Crippen LogP contribution is 2.64. The third-order valence-corrected chi connectivity index (χ3v) is 10.6. The molecule has 0 radical (unpaired) electrons. The molecule has 0 fully saturated rings. The van der Waals surface area contributed by atoms with Gasteiger partial charge < -0.3 is 9.15 Å². The zero-order valence-corrected chi connectivity index (χ0v) is 27.4. The first-order chi connectivity index (χ1) is 25.3. The largest absolute Gasteiger partial charge is 0.457 e. The molecule has 0 N–H and O–H groups in total. The molecule has 0 saturated heterocycles. The van der Waals surface area contributed by atoms with Crippen LogP contribution in [0, 0.1) is 0 Å². The van der Waals surface area contributed by atoms with Gasteiger partial charge in [-0.25, -0.2) is 9.97 Å². The molecule has 51 heavy (non-hydrogen) atoms. The van der Waals surface area contributed by atoms with Gasteiger partial charge in [-0.05, 0) is 52.6 Å². The number of rotatable bonds is 3. The summed E-state index contributed by atoms with van der Waals surface area (Å²) in [5.41, 5.74) is 12.6. The van der Waals surface area contributed by atoms with Crippen LogP contribution in [0.3, 0.4) is 0 Å². The van der Waals surface area contributed by atoms with E-state index in [0.717, 1.165) is 72.6 Å². The van der Waals surface area contributed by atoms with Crippen molar-refractivity contribution in [2.24, 2.45) is 0 Å². The van der Waals surface area contributed by atoms with Crippen LogP contribution >= 0.6 is 0 Å². The number of nitrogens with zero attached hydrogens (tertiary/aromatic N) is 2. The molecule has 2 aliphatic rings. The first-order valence-corrected chi connectivity index (χ1v) is 17.2. The quantitative estimate of drug-likeness (QED) is 0.191. The van der Waals surface area contributed by atoms with Crippen molar-refractivity contribution in [2.75, 3.05) is 0 Å². The summed E-state index contributed by atoms with van der Waals surface area (Å²) in [6.45, 7) is 0. The predicted molar refractivity (Wildman–Crippen MR) is 203 cm³/mol. The molecule has 9 aromatic rings. The van der Waals surface area contributed by atoms with Crippen molar-refractivity contribution in [3.8, 4) is 56.5 Å². The lowest BCUT2D eigenvalue weighted by Crippen LogP contribution is -2.32. The maximum absolute atomic E-state index is 6.90. The second-order valence-electron chi connectivity index (χ2n) is 13.2. The molecule has 11 rings (SSSR count). The molecule has 0 unspecified atom stereocenters. The van der Waals surface area contributed by atoms with Crippen molar-refractivity contribution in [3.63, 3.8) is 0 Å². The van der Waals surface area contributed by atoms with Crippen molar-refractivity contribution in [1.29, 1.82) is 0 Å². The number of aromatic nitrogens is 2. The number of furan rings is 1. The Labute approximate surface area is 294 Å². The summed E-state index contributed by atoms with van der Waals surface area (Å²) in [6.07, 6.45) is 0. The van der Waals surface area contributed by atoms with Crippen molar-refractivity contribution >= 4 is 21.9 Å². The Bertz CT molecular complexity index is 2730. The summed E-state index contributed by atoms with van der Waals surface area (Å²) in [5.74, 6) is 2.38. The van der Waals surface area contributed by atoms with E-state index in [0.29, 0.717) is 5.82 Å². The highest BCUT2D eigenvalue weighted by Gasteiger charge is 2.52. The fourth-order valence-electron chi connectivity index (χ4n) is 8.47. The van der Waals surface area contributed by atoms with Gasteiger partial charge in [-0.3, -0.25) is 0 Å². The Morgan fingerprint density at radius 3 is 1.78 bits per heavy atom. The van der Waals surface area contributed by atoms with Crippen LogP contribution in [0.1, 0.15) is 22.3 Å². The van der Waals surface area contributed by atoms with E-state index in [9.17, 15) is 0 Å². The second kappa shape index (κ2) is 10.6. The van der Waals surface area contributed by atoms with Gasteiger partial charge in [0.2, 0.25) is 0 Å². The minimum absolute atomic E-state index is 0.643. The standard InChI is InChI=1S/C47H28N2O2/c1-3-15-29(16-4-1)38-28-39(49-46(48-38)30-17-5-2-6-18-30)33-27-37-43(44-32-20-8-12-24-40(32)51-45(33)44)31-19-7-9-21-34(31)47(37)35-22-10-13-25-41(35)50-42-26-14-11-23-36(42)47/h1-28H. The first-order valence-electron chi connectivity index (χ1n) is 17.2. The Balaban J connectivity index is 1.32. The summed E-state index contributed by atoms with van der Waals surface area (Å²) in [5, 5.41) is 2.16. The van der Waals surface area contributed by atoms with Crippen LogP contribution in [0.5, 0.6) is 11.5 Å². The molecule has 4 nitrogen and oxygen atoms in total. The predicted octanol–water partition coefficient (Wildman–Crippen LogP) is 11.8. The van der Waals surface area contributed by atoms with E-state index in [1.807, 2.05) is 42.5 Å². The highest BCUT2D eigenvalue weighted by molar-refractivity contribution is 6.19. The maximum atomic E-state index is 6.90. The molecule has 0 amide bonds. The number of para-hydroxylation sites is 3. The van der Waals surface area contributed by atoms with E-state index < -0.39 is 5.41 Å². The molecule has 1 aliphatic carbocycles. The van der Waals surface area contributed by atoms with Crippen LogP contribution in [0.15, 0.2) is 174 Å². The topological polar surface area (TPSA) is 48.2 Å². The lowest BCUT2D eigenvalue weighted by Gasteiger charge is -2.39. The van der Waals surface area contributed by atoms with Crippen molar-refractivity contribution in [1.82, 2.24) is 9.97 Å². The minimum Gasteiger partial charge on any atom is -0.457 e. The summed E-state index contributed by atoms with van der Waals surface area (Å²) in [7, 11) is 0. The van der Waals surface area contributed by atoms with Gasteiger partial charge >= 0.3 is 0 Å². The Hall–Kier alpha value is -6.78. The molecular weight excluding hydrogens is 625 g/mol. The molecule has 1 aliphatic heterocycles. The lowest BCUT2D eigenvalue weighted by molar-refractivity contribution is 0.436. The molecule has 238 valence electrons. The Morgan fingerprint density at radius 2 is 1.04 bits per heavy atom. The molecule has 1 spiro atoms. The van der Waals surface area contributed by atoms with Gasteiger partial charge in [0.15, 0.2) is 5.82 Å². The third kappa shape index (κ3) is 3.90. The van der Waals surface area contributed by atoms with Crippen LogP contribution in [-0.2, 0) is 5.41 Å². The van der Waals surface area contributed by atoms with Gasteiger partial charge in [-0.15, -0.1) is 0 Å². The molecule has 0 bridgehead atoms. The Kier molecular flexibility index (Phi) is 5.84. The van der Waals surface area contributed by atoms with Gasteiger partial charge in [0.05, 0.1) is 16.8 Å². The zero-order chi connectivity index (χ0) is 33.5. The van der Waals surface area contributed by atoms with Gasteiger partial charge in [-0.2, -0.15) is 0 Å². The van der Waals surface area contributed by atoms with Gasteiger partial charge in [0.1, 0.15) is 22.7 Å². The van der Waals surface area contributed by atoms with Crippen LogP contribution in [-0.4, -0.2) is 9.97 Å². The lowest BCUT2D eigenvalue weighted by atomic mass is 9.66. The monoisotopic (exact) mass is 652 g/mol. The average Bonchev–Trinajstić information content (AvgIpc) is 3.72. The summed E-state index contributed by atoms with van der Waals surface area (Å²) < 4.78 is 13.5. The number of ether oxygens (including phenoxy) is 1. The third-order valence-electron chi connectivity index (χ3n) is 10.6. The van der Waals surface area contributed by atoms with Gasteiger partial charge in [0, 0.05) is 38.6 Å². The van der Waals surface area contributed by atoms with Gasteiger partial charge in [0.25, 0.3) is 0 Å². The van der Waals surface area contributed by atoms with Crippen molar-refractivity contribution < 1.29 is 9.15 Å². The van der Waals surface area contributed by atoms with E-state index in [-0.39, 0.29) is 0 Å². The van der Waals surface area contributed by atoms with E-state index in [1.54, 1.807) is 0 Å². The number of benzene rings is 7. The molecule has 0 saturated carbocycles. The van der Waals surface area contributed by atoms with Crippen LogP contribution in [0.4, 0.5) is 0 Å². The minimum atomic E-state index is -0.643. The van der Waals surface area contributed by atoms with Crippen LogP contribution < -0.4 is 4.74 Å². The fraction of sp³-hybridized carbons (Fsp3) is 0.0213. The molecule has 2 aromatic heterocycles. The van der Waals surface area contributed by atoms with E-state index in [1.165, 1.54) is 22.3 Å². The summed E-state index contributed by atoms with van der Waals surface area (Å²) in [4.78, 5) is 10.4. The maximum Gasteiger partial charge on any atom is 0.160 e. The molecule has 4 heteroatoms. The van der Waals surface area contributed by atoms with E-state index >= 15 is 0 Å². The molecule has 7 aromatic carbocycles. The van der Waals surface area contributed by atoms with E-state index in [2.05, 4.69) is 127 Å². The summed E-state index contributed by atoms with van der Waals surface area (Å²) >= 11 is 0.